The molecule has 0 bridgehead atoms. The second-order valence-electron chi connectivity index (χ2n) is 4.61. The molecule has 124 valence electrons. The zero-order chi connectivity index (χ0) is 17.6. The Morgan fingerprint density at radius 2 is 1.48 bits per heavy atom. The summed E-state index contributed by atoms with van der Waals surface area (Å²) in [6, 6.07) is 6.20. The number of epoxide rings is 1. The van der Waals surface area contributed by atoms with Crippen molar-refractivity contribution in [3.05, 3.63) is 41.2 Å². The standard InChI is InChI=1S/C13H6F7NO2/c14-11(12(15,16)17,13(18,19)20)10-9(23-10)8(22)7-3-1-6(5-21)2-4-7/h1-4,10,22H/b9-8+. The smallest absolute Gasteiger partial charge is 0.435 e. The average Bonchev–Trinajstić information content (AvgIpc) is 3.24. The monoisotopic (exact) mass is 341 g/mol. The van der Waals surface area contributed by atoms with Gasteiger partial charge in [0, 0.05) is 5.56 Å². The van der Waals surface area contributed by atoms with Gasteiger partial charge in [-0.2, -0.15) is 31.6 Å². The molecule has 0 saturated carbocycles. The first-order valence-corrected chi connectivity index (χ1v) is 5.86. The van der Waals surface area contributed by atoms with E-state index < -0.39 is 35.6 Å². The molecule has 1 aromatic carbocycles. The van der Waals surface area contributed by atoms with Crippen LogP contribution in [0.15, 0.2) is 30.0 Å². The minimum atomic E-state index is -6.28. The third-order valence-corrected chi connectivity index (χ3v) is 3.13. The van der Waals surface area contributed by atoms with Gasteiger partial charge in [0.05, 0.1) is 11.6 Å². The van der Waals surface area contributed by atoms with Gasteiger partial charge < -0.3 is 9.84 Å². The number of hydrogen-bond donors (Lipinski definition) is 1. The van der Waals surface area contributed by atoms with E-state index in [-0.39, 0.29) is 11.1 Å². The van der Waals surface area contributed by atoms with Crippen LogP contribution in [-0.2, 0) is 4.74 Å². The van der Waals surface area contributed by atoms with Crippen LogP contribution in [0.3, 0.4) is 0 Å². The fourth-order valence-electron chi connectivity index (χ4n) is 1.84. The van der Waals surface area contributed by atoms with E-state index in [1.165, 1.54) is 12.1 Å². The molecule has 0 amide bonds. The van der Waals surface area contributed by atoms with Crippen molar-refractivity contribution < 1.29 is 40.6 Å². The Balaban J connectivity index is 2.39. The molecule has 1 fully saturated rings. The lowest BCUT2D eigenvalue weighted by atomic mass is 9.98. The van der Waals surface area contributed by atoms with Gasteiger partial charge in [0.15, 0.2) is 11.5 Å². The van der Waals surface area contributed by atoms with Gasteiger partial charge in [-0.25, -0.2) is 4.39 Å². The molecule has 1 unspecified atom stereocenters. The quantitative estimate of drug-likeness (QED) is 0.502. The number of rotatable bonds is 2. The number of ether oxygens (including phenoxy) is 1. The first kappa shape index (κ1) is 16.9. The fourth-order valence-corrected chi connectivity index (χ4v) is 1.84. The van der Waals surface area contributed by atoms with Crippen molar-refractivity contribution in [1.82, 2.24) is 0 Å². The molecule has 1 saturated heterocycles. The predicted molar refractivity (Wildman–Crippen MR) is 61.5 cm³/mol. The van der Waals surface area contributed by atoms with Gasteiger partial charge in [-0.15, -0.1) is 0 Å². The molecule has 2 rings (SSSR count). The number of nitrogens with zero attached hydrogens (tertiary/aromatic N) is 1. The first-order valence-electron chi connectivity index (χ1n) is 5.86. The Morgan fingerprint density at radius 1 is 1.00 bits per heavy atom. The largest absolute Gasteiger partial charge is 0.504 e. The maximum absolute atomic E-state index is 13.7. The number of aliphatic hydroxyl groups excluding tert-OH is 1. The molecular weight excluding hydrogens is 335 g/mol. The Kier molecular flexibility index (Phi) is 3.71. The number of alkyl halides is 7. The van der Waals surface area contributed by atoms with E-state index in [4.69, 9.17) is 5.26 Å². The minimum Gasteiger partial charge on any atom is -0.504 e. The van der Waals surface area contributed by atoms with Crippen LogP contribution >= 0.6 is 0 Å². The maximum Gasteiger partial charge on any atom is 0.435 e. The average molecular weight is 341 g/mol. The summed E-state index contributed by atoms with van der Waals surface area (Å²) in [5.41, 5.74) is -5.70. The molecule has 1 atom stereocenters. The molecule has 1 aromatic rings. The molecule has 0 aliphatic carbocycles. The third-order valence-electron chi connectivity index (χ3n) is 3.13. The summed E-state index contributed by atoms with van der Waals surface area (Å²) in [5.74, 6) is -2.22. The Labute approximate surface area is 124 Å². The molecular formula is C13H6F7NO2. The zero-order valence-electron chi connectivity index (χ0n) is 10.8. The highest BCUT2D eigenvalue weighted by molar-refractivity contribution is 5.65. The lowest BCUT2D eigenvalue weighted by Crippen LogP contribution is -2.57. The van der Waals surface area contributed by atoms with Gasteiger partial charge >= 0.3 is 18.0 Å². The van der Waals surface area contributed by atoms with Crippen LogP contribution in [-0.4, -0.2) is 29.2 Å². The van der Waals surface area contributed by atoms with Crippen molar-refractivity contribution in [2.45, 2.75) is 24.1 Å². The molecule has 1 aliphatic rings. The van der Waals surface area contributed by atoms with Crippen LogP contribution in [0.4, 0.5) is 30.7 Å². The molecule has 0 spiro atoms. The van der Waals surface area contributed by atoms with Crippen molar-refractivity contribution in [2.75, 3.05) is 0 Å². The van der Waals surface area contributed by atoms with Crippen LogP contribution in [0.1, 0.15) is 11.1 Å². The van der Waals surface area contributed by atoms with Crippen LogP contribution < -0.4 is 0 Å². The van der Waals surface area contributed by atoms with Crippen LogP contribution in [0.25, 0.3) is 5.76 Å². The Morgan fingerprint density at radius 3 is 1.87 bits per heavy atom. The van der Waals surface area contributed by atoms with Crippen molar-refractivity contribution in [3.63, 3.8) is 0 Å². The topological polar surface area (TPSA) is 56.5 Å². The highest BCUT2D eigenvalue weighted by Crippen LogP contribution is 2.57. The molecule has 23 heavy (non-hydrogen) atoms. The van der Waals surface area contributed by atoms with E-state index in [1.54, 1.807) is 6.07 Å². The van der Waals surface area contributed by atoms with Crippen molar-refractivity contribution in [2.24, 2.45) is 0 Å². The summed E-state index contributed by atoms with van der Waals surface area (Å²) < 4.78 is 92.8. The summed E-state index contributed by atoms with van der Waals surface area (Å²) in [4.78, 5) is 0. The molecule has 10 heteroatoms. The van der Waals surface area contributed by atoms with Gasteiger partial charge in [-0.05, 0) is 24.3 Å². The minimum absolute atomic E-state index is 0.144. The summed E-state index contributed by atoms with van der Waals surface area (Å²) >= 11 is 0. The van der Waals surface area contributed by atoms with Crippen LogP contribution in [0, 0.1) is 11.3 Å². The molecule has 1 heterocycles. The van der Waals surface area contributed by atoms with E-state index >= 15 is 0 Å². The van der Waals surface area contributed by atoms with E-state index in [9.17, 15) is 35.8 Å². The molecule has 1 N–H and O–H groups in total. The SMILES string of the molecule is N#Cc1ccc(/C(O)=C2\OC2C(F)(C(F)(F)F)C(F)(F)F)cc1. The maximum atomic E-state index is 13.7. The van der Waals surface area contributed by atoms with E-state index in [1.807, 2.05) is 0 Å². The van der Waals surface area contributed by atoms with Crippen LogP contribution in [0.5, 0.6) is 0 Å². The van der Waals surface area contributed by atoms with Crippen LogP contribution in [0.2, 0.25) is 0 Å². The zero-order valence-corrected chi connectivity index (χ0v) is 10.8. The highest BCUT2D eigenvalue weighted by Gasteiger charge is 2.82. The number of benzene rings is 1. The van der Waals surface area contributed by atoms with Crippen molar-refractivity contribution in [3.8, 4) is 6.07 Å². The molecule has 1 aliphatic heterocycles. The first-order chi connectivity index (χ1) is 10.4. The summed E-state index contributed by atoms with van der Waals surface area (Å²) in [6.07, 6.45) is -15.6. The number of hydrogen-bond acceptors (Lipinski definition) is 3. The van der Waals surface area contributed by atoms with Gasteiger partial charge in [0.1, 0.15) is 0 Å². The predicted octanol–water partition coefficient (Wildman–Crippen LogP) is 4.02. The summed E-state index contributed by atoms with van der Waals surface area (Å²) in [7, 11) is 0. The van der Waals surface area contributed by atoms with E-state index in [0.717, 1.165) is 12.1 Å². The fraction of sp³-hybridized carbons (Fsp3) is 0.308. The second kappa shape index (κ2) is 5.04. The van der Waals surface area contributed by atoms with Crippen molar-refractivity contribution >= 4 is 5.76 Å². The number of halogens is 7. The lowest BCUT2D eigenvalue weighted by Gasteiger charge is -2.27. The van der Waals surface area contributed by atoms with E-state index in [0.29, 0.717) is 0 Å². The van der Waals surface area contributed by atoms with Gasteiger partial charge in [-0.1, -0.05) is 0 Å². The van der Waals surface area contributed by atoms with Gasteiger partial charge in [0.2, 0.25) is 6.10 Å². The summed E-state index contributed by atoms with van der Waals surface area (Å²) in [5, 5.41) is 18.2. The van der Waals surface area contributed by atoms with E-state index in [2.05, 4.69) is 4.74 Å². The molecule has 0 radical (unpaired) electrons. The lowest BCUT2D eigenvalue weighted by molar-refractivity contribution is -0.345. The molecule has 3 nitrogen and oxygen atoms in total. The Hall–Kier alpha value is -2.44. The summed E-state index contributed by atoms with van der Waals surface area (Å²) in [6.45, 7) is 0. The number of nitriles is 1. The molecule has 0 aromatic heterocycles. The highest BCUT2D eigenvalue weighted by atomic mass is 19.4. The van der Waals surface area contributed by atoms with Gasteiger partial charge in [-0.3, -0.25) is 0 Å². The van der Waals surface area contributed by atoms with Gasteiger partial charge in [0.25, 0.3) is 0 Å². The normalized spacial score (nSPS) is 20.5. The Bertz CT molecular complexity index is 668. The second-order valence-corrected chi connectivity index (χ2v) is 4.61. The third kappa shape index (κ3) is 2.67. The van der Waals surface area contributed by atoms with Crippen molar-refractivity contribution in [1.29, 1.82) is 5.26 Å². The number of aliphatic hydroxyl groups is 1.